The van der Waals surface area contributed by atoms with E-state index in [1.165, 1.54) is 0 Å². The molecule has 29 heavy (non-hydrogen) atoms. The topological polar surface area (TPSA) is 81.4 Å². The molecule has 1 aromatic heterocycles. The zero-order valence-electron chi connectivity index (χ0n) is 15.1. The van der Waals surface area contributed by atoms with Crippen molar-refractivity contribution in [2.75, 3.05) is 11.9 Å². The second kappa shape index (κ2) is 8.16. The highest BCUT2D eigenvalue weighted by atomic mass is 35.5. The lowest BCUT2D eigenvalue weighted by atomic mass is 10.2. The Morgan fingerprint density at radius 2 is 1.72 bits per heavy atom. The van der Waals surface area contributed by atoms with Gasteiger partial charge in [-0.1, -0.05) is 23.7 Å². The summed E-state index contributed by atoms with van der Waals surface area (Å²) in [6, 6.07) is 20.6. The summed E-state index contributed by atoms with van der Waals surface area (Å²) in [7, 11) is 0. The zero-order chi connectivity index (χ0) is 20.2. The molecule has 0 spiro atoms. The van der Waals surface area contributed by atoms with Crippen LogP contribution in [0, 0.1) is 0 Å². The molecule has 4 rings (SSSR count). The number of carbonyl (C=O) groups is 1. The fraction of sp³-hybridized carbons (Fsp3) is 0.0455. The van der Waals surface area contributed by atoms with Crippen molar-refractivity contribution in [3.8, 4) is 17.2 Å². The maximum absolute atomic E-state index is 12.1. The summed E-state index contributed by atoms with van der Waals surface area (Å²) in [5, 5.41) is 3.77. The summed E-state index contributed by atoms with van der Waals surface area (Å²) in [6.45, 7) is -0.134. The van der Waals surface area contributed by atoms with E-state index in [4.69, 9.17) is 20.8 Å². The number of anilines is 1. The van der Waals surface area contributed by atoms with Gasteiger partial charge in [0.25, 0.3) is 5.91 Å². The van der Waals surface area contributed by atoms with E-state index < -0.39 is 5.63 Å². The van der Waals surface area contributed by atoms with Crippen molar-refractivity contribution >= 4 is 34.1 Å². The van der Waals surface area contributed by atoms with Crippen LogP contribution in [0.5, 0.6) is 5.75 Å². The first-order chi connectivity index (χ1) is 14.1. The summed E-state index contributed by atoms with van der Waals surface area (Å²) in [6.07, 6.45) is 0. The number of halogens is 1. The van der Waals surface area contributed by atoms with Gasteiger partial charge in [0.05, 0.1) is 10.9 Å². The van der Waals surface area contributed by atoms with Crippen LogP contribution in [0.25, 0.3) is 22.4 Å². The zero-order valence-corrected chi connectivity index (χ0v) is 15.8. The molecule has 0 aliphatic carbocycles. The Kier molecular flexibility index (Phi) is 5.27. The molecule has 1 heterocycles. The van der Waals surface area contributed by atoms with Gasteiger partial charge in [-0.3, -0.25) is 4.79 Å². The van der Waals surface area contributed by atoms with E-state index in [0.29, 0.717) is 32.9 Å². The quantitative estimate of drug-likeness (QED) is 0.526. The summed E-state index contributed by atoms with van der Waals surface area (Å²) >= 11 is 5.81. The van der Waals surface area contributed by atoms with Crippen molar-refractivity contribution in [2.24, 2.45) is 0 Å². The first-order valence-corrected chi connectivity index (χ1v) is 9.15. The van der Waals surface area contributed by atoms with Gasteiger partial charge in [-0.25, -0.2) is 9.78 Å². The largest absolute Gasteiger partial charge is 0.484 e. The van der Waals surface area contributed by atoms with Crippen molar-refractivity contribution in [1.29, 1.82) is 0 Å². The number of aromatic nitrogens is 1. The smallest absolute Gasteiger partial charge is 0.347 e. The van der Waals surface area contributed by atoms with Gasteiger partial charge in [0.2, 0.25) is 5.89 Å². The lowest BCUT2D eigenvalue weighted by molar-refractivity contribution is -0.118. The third-order valence-corrected chi connectivity index (χ3v) is 4.39. The van der Waals surface area contributed by atoms with Gasteiger partial charge in [0.1, 0.15) is 5.75 Å². The highest BCUT2D eigenvalue weighted by Crippen LogP contribution is 2.21. The predicted octanol–water partition coefficient (Wildman–Crippen LogP) is 4.53. The number of amides is 1. The average Bonchev–Trinajstić information content (AvgIpc) is 2.74. The van der Waals surface area contributed by atoms with Crippen molar-refractivity contribution in [2.45, 2.75) is 0 Å². The molecule has 1 N–H and O–H groups in total. The van der Waals surface area contributed by atoms with Gasteiger partial charge in [0, 0.05) is 16.3 Å². The van der Waals surface area contributed by atoms with Crippen LogP contribution in [0.15, 0.2) is 82.0 Å². The van der Waals surface area contributed by atoms with Crippen molar-refractivity contribution < 1.29 is 13.9 Å². The number of ether oxygens (including phenoxy) is 1. The predicted molar refractivity (Wildman–Crippen MR) is 111 cm³/mol. The monoisotopic (exact) mass is 406 g/mol. The summed E-state index contributed by atoms with van der Waals surface area (Å²) in [5.41, 5.74) is 1.34. The number of nitrogens with zero attached hydrogens (tertiary/aromatic N) is 1. The standard InChI is InChI=1S/C22H15ClN2O4/c23-15-7-11-17(12-8-15)28-13-20(26)24-16-9-5-14(6-10-16)21-25-19-4-2-1-3-18(19)22(27)29-21/h1-12H,13H2,(H,24,26). The molecule has 0 saturated carbocycles. The van der Waals surface area contributed by atoms with E-state index >= 15 is 0 Å². The number of hydrogen-bond donors (Lipinski definition) is 1. The van der Waals surface area contributed by atoms with E-state index in [1.807, 2.05) is 6.07 Å². The van der Waals surface area contributed by atoms with Crippen molar-refractivity contribution in [1.82, 2.24) is 4.98 Å². The number of benzene rings is 3. The Balaban J connectivity index is 1.43. The number of nitrogens with one attached hydrogen (secondary N) is 1. The maximum Gasteiger partial charge on any atom is 0.347 e. The second-order valence-electron chi connectivity index (χ2n) is 6.19. The molecule has 0 saturated heterocycles. The number of para-hydroxylation sites is 1. The average molecular weight is 407 g/mol. The minimum atomic E-state index is -0.442. The number of fused-ring (bicyclic) bond motifs is 1. The lowest BCUT2D eigenvalue weighted by Gasteiger charge is -2.08. The molecule has 0 fully saturated rings. The van der Waals surface area contributed by atoms with E-state index in [2.05, 4.69) is 10.3 Å². The summed E-state index contributed by atoms with van der Waals surface area (Å²) in [5.74, 6) is 0.470. The van der Waals surface area contributed by atoms with E-state index in [9.17, 15) is 9.59 Å². The number of hydrogen-bond acceptors (Lipinski definition) is 5. The molecule has 0 unspecified atom stereocenters. The van der Waals surface area contributed by atoms with Gasteiger partial charge >= 0.3 is 5.63 Å². The molecule has 0 atom stereocenters. The summed E-state index contributed by atoms with van der Waals surface area (Å²) in [4.78, 5) is 28.6. The second-order valence-corrected chi connectivity index (χ2v) is 6.63. The van der Waals surface area contributed by atoms with Crippen molar-refractivity contribution in [3.05, 3.63) is 88.2 Å². The van der Waals surface area contributed by atoms with Crippen LogP contribution >= 0.6 is 11.6 Å². The molecule has 1 amide bonds. The molecule has 0 bridgehead atoms. The van der Waals surface area contributed by atoms with Crippen molar-refractivity contribution in [3.63, 3.8) is 0 Å². The van der Waals surface area contributed by atoms with Crippen LogP contribution in [0.1, 0.15) is 0 Å². The normalized spacial score (nSPS) is 10.7. The summed E-state index contributed by atoms with van der Waals surface area (Å²) < 4.78 is 10.7. The van der Waals surface area contributed by atoms with Crippen LogP contribution in [0.4, 0.5) is 5.69 Å². The Labute approximate surface area is 170 Å². The maximum atomic E-state index is 12.1. The van der Waals surface area contributed by atoms with Crippen LogP contribution in [-0.4, -0.2) is 17.5 Å². The minimum Gasteiger partial charge on any atom is -0.484 e. The SMILES string of the molecule is O=C(COc1ccc(Cl)cc1)Nc1ccc(-c2nc3ccccc3c(=O)o2)cc1. The minimum absolute atomic E-state index is 0.134. The molecule has 4 aromatic rings. The van der Waals surface area contributed by atoms with E-state index in [-0.39, 0.29) is 18.4 Å². The number of carbonyl (C=O) groups excluding carboxylic acids is 1. The lowest BCUT2D eigenvalue weighted by Crippen LogP contribution is -2.20. The van der Waals surface area contributed by atoms with Crippen LogP contribution in [0.2, 0.25) is 5.02 Å². The molecule has 0 radical (unpaired) electrons. The first kappa shape index (κ1) is 18.7. The van der Waals surface area contributed by atoms with E-state index in [0.717, 1.165) is 0 Å². The fourth-order valence-corrected chi connectivity index (χ4v) is 2.84. The van der Waals surface area contributed by atoms with Gasteiger partial charge in [-0.2, -0.15) is 0 Å². The molecule has 6 nitrogen and oxygen atoms in total. The molecule has 3 aromatic carbocycles. The van der Waals surface area contributed by atoms with Gasteiger partial charge in [-0.15, -0.1) is 0 Å². The van der Waals surface area contributed by atoms with Gasteiger partial charge in [0.15, 0.2) is 6.61 Å². The molecule has 0 aliphatic heterocycles. The highest BCUT2D eigenvalue weighted by molar-refractivity contribution is 6.30. The van der Waals surface area contributed by atoms with Crippen LogP contribution in [-0.2, 0) is 4.79 Å². The fourth-order valence-electron chi connectivity index (χ4n) is 2.72. The Bertz CT molecular complexity index is 1220. The van der Waals surface area contributed by atoms with Crippen LogP contribution < -0.4 is 15.7 Å². The molecular formula is C22H15ClN2O4. The van der Waals surface area contributed by atoms with Crippen LogP contribution in [0.3, 0.4) is 0 Å². The number of rotatable bonds is 5. The molecule has 0 aliphatic rings. The third-order valence-electron chi connectivity index (χ3n) is 4.13. The van der Waals surface area contributed by atoms with Gasteiger partial charge in [-0.05, 0) is 60.7 Å². The first-order valence-electron chi connectivity index (χ1n) is 8.77. The Hall–Kier alpha value is -3.64. The van der Waals surface area contributed by atoms with Gasteiger partial charge < -0.3 is 14.5 Å². The Morgan fingerprint density at radius 1 is 1.00 bits per heavy atom. The van der Waals surface area contributed by atoms with E-state index in [1.54, 1.807) is 66.7 Å². The molecule has 144 valence electrons. The molecule has 7 heteroatoms. The third kappa shape index (κ3) is 4.44. The molecular weight excluding hydrogens is 392 g/mol. The highest BCUT2D eigenvalue weighted by Gasteiger charge is 2.09. The Morgan fingerprint density at radius 3 is 2.48 bits per heavy atom.